The molecule has 0 bridgehead atoms. The molecule has 1 aromatic heterocycles. The largest absolute Gasteiger partial charge is 0.465 e. The second kappa shape index (κ2) is 6.68. The molecule has 1 aromatic carbocycles. The monoisotopic (exact) mass is 299 g/mol. The number of hydrogen-bond acceptors (Lipinski definition) is 6. The van der Waals surface area contributed by atoms with Crippen molar-refractivity contribution in [2.75, 3.05) is 12.5 Å². The third kappa shape index (κ3) is 3.46. The molecule has 0 saturated heterocycles. The van der Waals surface area contributed by atoms with E-state index in [-0.39, 0.29) is 5.97 Å². The van der Waals surface area contributed by atoms with E-state index in [4.69, 9.17) is 10.00 Å². The molecule has 0 aliphatic rings. The summed E-state index contributed by atoms with van der Waals surface area (Å²) in [5, 5.41) is 14.7. The number of nitriles is 1. The minimum atomic E-state index is -0.385. The first kappa shape index (κ1) is 14.8. The molecule has 1 N–H and O–H groups in total. The van der Waals surface area contributed by atoms with E-state index in [1.807, 2.05) is 12.3 Å². The number of ether oxygens (including phenoxy) is 1. The zero-order valence-corrected chi connectivity index (χ0v) is 12.4. The van der Waals surface area contributed by atoms with Gasteiger partial charge in [-0.2, -0.15) is 10.4 Å². The number of nitrogens with one attached hydrogen (secondary N) is 1. The first-order valence-electron chi connectivity index (χ1n) is 6.11. The Morgan fingerprint density at radius 3 is 2.76 bits per heavy atom. The second-order valence-electron chi connectivity index (χ2n) is 4.22. The van der Waals surface area contributed by atoms with Gasteiger partial charge in [0.05, 0.1) is 30.6 Å². The highest BCUT2D eigenvalue weighted by Gasteiger charge is 2.15. The lowest BCUT2D eigenvalue weighted by Crippen LogP contribution is -2.02. The van der Waals surface area contributed by atoms with Gasteiger partial charge >= 0.3 is 5.97 Å². The number of aryl methyl sites for hydroxylation is 1. The van der Waals surface area contributed by atoms with Crippen molar-refractivity contribution < 1.29 is 9.53 Å². The third-order valence-electron chi connectivity index (χ3n) is 2.78. The summed E-state index contributed by atoms with van der Waals surface area (Å²) in [5.74, 6) is -0.385. The quantitative estimate of drug-likeness (QED) is 0.534. The van der Waals surface area contributed by atoms with Gasteiger partial charge in [0.1, 0.15) is 4.88 Å². The molecule has 0 aliphatic heterocycles. The molecule has 1 heterocycles. The molecule has 0 radical (unpaired) electrons. The lowest BCUT2D eigenvalue weighted by molar-refractivity contribution is 0.0607. The average Bonchev–Trinajstić information content (AvgIpc) is 2.88. The molecule has 6 heteroatoms. The molecule has 2 aromatic rings. The Hall–Kier alpha value is -2.65. The van der Waals surface area contributed by atoms with Crippen molar-refractivity contribution in [1.29, 1.82) is 5.26 Å². The number of carbonyl (C=O) groups excluding carboxylic acids is 1. The fourth-order valence-electron chi connectivity index (χ4n) is 1.64. The van der Waals surface area contributed by atoms with Crippen LogP contribution in [0, 0.1) is 18.3 Å². The van der Waals surface area contributed by atoms with Crippen molar-refractivity contribution in [2.24, 2.45) is 5.10 Å². The topological polar surface area (TPSA) is 74.5 Å². The number of nitrogens with zero attached hydrogens (tertiary/aromatic N) is 2. The van der Waals surface area contributed by atoms with E-state index in [0.29, 0.717) is 16.1 Å². The van der Waals surface area contributed by atoms with Gasteiger partial charge in [-0.3, -0.25) is 5.43 Å². The lowest BCUT2D eigenvalue weighted by Gasteiger charge is -2.03. The molecule has 2 rings (SSSR count). The average molecular weight is 299 g/mol. The van der Waals surface area contributed by atoms with Crippen molar-refractivity contribution in [3.63, 3.8) is 0 Å². The molecular weight excluding hydrogens is 286 g/mol. The Morgan fingerprint density at radius 2 is 2.14 bits per heavy atom. The highest BCUT2D eigenvalue weighted by Crippen LogP contribution is 2.28. The Morgan fingerprint density at radius 1 is 1.43 bits per heavy atom. The van der Waals surface area contributed by atoms with Crippen molar-refractivity contribution in [3.8, 4) is 6.07 Å². The van der Waals surface area contributed by atoms with Crippen molar-refractivity contribution in [1.82, 2.24) is 0 Å². The normalized spacial score (nSPS) is 10.3. The lowest BCUT2D eigenvalue weighted by atomic mass is 10.2. The van der Waals surface area contributed by atoms with E-state index in [1.54, 1.807) is 30.5 Å². The van der Waals surface area contributed by atoms with Crippen LogP contribution in [0.3, 0.4) is 0 Å². The van der Waals surface area contributed by atoms with E-state index in [1.165, 1.54) is 18.4 Å². The van der Waals surface area contributed by atoms with Crippen molar-refractivity contribution in [2.45, 2.75) is 6.92 Å². The van der Waals surface area contributed by atoms with Gasteiger partial charge in [-0.25, -0.2) is 4.79 Å². The molecule has 0 fully saturated rings. The fourth-order valence-corrected chi connectivity index (χ4v) is 2.56. The van der Waals surface area contributed by atoms with Crippen LogP contribution in [-0.4, -0.2) is 19.3 Å². The number of hydrogen-bond donors (Lipinski definition) is 1. The summed E-state index contributed by atoms with van der Waals surface area (Å²) in [6.45, 7) is 1.89. The number of benzene rings is 1. The van der Waals surface area contributed by atoms with Crippen LogP contribution in [-0.2, 0) is 4.74 Å². The van der Waals surface area contributed by atoms with E-state index in [2.05, 4.69) is 16.6 Å². The van der Waals surface area contributed by atoms with Gasteiger partial charge in [0.25, 0.3) is 0 Å². The summed E-state index contributed by atoms with van der Waals surface area (Å²) in [6.07, 6.45) is 1.62. The molecule has 0 aliphatic carbocycles. The van der Waals surface area contributed by atoms with E-state index >= 15 is 0 Å². The van der Waals surface area contributed by atoms with Crippen LogP contribution in [0.5, 0.6) is 0 Å². The molecular formula is C15H13N3O2S. The number of thiophene rings is 1. The number of anilines is 1. The summed E-state index contributed by atoms with van der Waals surface area (Å²) >= 11 is 1.31. The van der Waals surface area contributed by atoms with Crippen LogP contribution >= 0.6 is 11.3 Å². The first-order chi connectivity index (χ1) is 10.2. The van der Waals surface area contributed by atoms with Crippen LogP contribution < -0.4 is 5.43 Å². The minimum absolute atomic E-state index is 0.385. The van der Waals surface area contributed by atoms with E-state index in [0.717, 1.165) is 11.1 Å². The van der Waals surface area contributed by atoms with Crippen LogP contribution in [0.1, 0.15) is 26.4 Å². The smallest absolute Gasteiger partial charge is 0.350 e. The maximum atomic E-state index is 11.6. The van der Waals surface area contributed by atoms with Crippen LogP contribution in [0.25, 0.3) is 0 Å². The minimum Gasteiger partial charge on any atom is -0.465 e. The molecule has 0 amide bonds. The Bertz CT molecular complexity index is 712. The van der Waals surface area contributed by atoms with Gasteiger partial charge in [-0.15, -0.1) is 11.3 Å². The number of hydrazone groups is 1. The maximum absolute atomic E-state index is 11.6. The van der Waals surface area contributed by atoms with Gasteiger partial charge < -0.3 is 4.74 Å². The maximum Gasteiger partial charge on any atom is 0.350 e. The van der Waals surface area contributed by atoms with Crippen LogP contribution in [0.2, 0.25) is 0 Å². The first-order valence-corrected chi connectivity index (χ1v) is 6.99. The van der Waals surface area contributed by atoms with Gasteiger partial charge in [0, 0.05) is 0 Å². The molecule has 106 valence electrons. The van der Waals surface area contributed by atoms with E-state index in [9.17, 15) is 4.79 Å². The Balaban J connectivity index is 2.12. The molecule has 0 unspecified atom stereocenters. The highest BCUT2D eigenvalue weighted by atomic mass is 32.1. The number of esters is 1. The SMILES string of the molecule is COC(=O)c1scc(C)c1NN=Cc1ccc(C#N)cc1. The molecule has 0 spiro atoms. The summed E-state index contributed by atoms with van der Waals surface area (Å²) < 4.78 is 4.73. The van der Waals surface area contributed by atoms with Crippen molar-refractivity contribution in [3.05, 3.63) is 51.2 Å². The van der Waals surface area contributed by atoms with Crippen molar-refractivity contribution >= 4 is 29.2 Å². The standard InChI is InChI=1S/C15H13N3O2S/c1-10-9-21-14(15(19)20-2)13(10)18-17-8-12-5-3-11(7-16)4-6-12/h3-6,8-9,18H,1-2H3. The molecule has 5 nitrogen and oxygen atoms in total. The molecule has 21 heavy (non-hydrogen) atoms. The molecule has 0 atom stereocenters. The van der Waals surface area contributed by atoms with Gasteiger partial charge in [0.2, 0.25) is 0 Å². The highest BCUT2D eigenvalue weighted by molar-refractivity contribution is 7.12. The Kier molecular flexibility index (Phi) is 4.69. The zero-order valence-electron chi connectivity index (χ0n) is 11.6. The third-order valence-corrected chi connectivity index (χ3v) is 3.85. The summed E-state index contributed by atoms with van der Waals surface area (Å²) in [6, 6.07) is 9.09. The zero-order chi connectivity index (χ0) is 15.2. The van der Waals surface area contributed by atoms with Crippen LogP contribution in [0.15, 0.2) is 34.7 Å². The number of rotatable bonds is 4. The van der Waals surface area contributed by atoms with Gasteiger partial charge in [0.15, 0.2) is 0 Å². The number of carbonyl (C=O) groups is 1. The summed E-state index contributed by atoms with van der Waals surface area (Å²) in [5.41, 5.74) is 5.90. The van der Waals surface area contributed by atoms with E-state index < -0.39 is 0 Å². The Labute approximate surface area is 126 Å². The predicted molar refractivity (Wildman–Crippen MR) is 82.8 cm³/mol. The second-order valence-corrected chi connectivity index (χ2v) is 5.10. The summed E-state index contributed by atoms with van der Waals surface area (Å²) in [7, 11) is 1.35. The summed E-state index contributed by atoms with van der Waals surface area (Å²) in [4.78, 5) is 12.1. The fraction of sp³-hybridized carbons (Fsp3) is 0.133. The van der Waals surface area contributed by atoms with Gasteiger partial charge in [-0.05, 0) is 35.6 Å². The van der Waals surface area contributed by atoms with Crippen LogP contribution in [0.4, 0.5) is 5.69 Å². The van der Waals surface area contributed by atoms with Gasteiger partial charge in [-0.1, -0.05) is 12.1 Å². The number of methoxy groups -OCH3 is 1. The molecule has 0 saturated carbocycles. The predicted octanol–water partition coefficient (Wildman–Crippen LogP) is 3.16.